The molecular formula is C23H37N3O4. The van der Waals surface area contributed by atoms with Crippen LogP contribution in [0.3, 0.4) is 0 Å². The third-order valence-corrected chi connectivity index (χ3v) is 6.38. The van der Waals surface area contributed by atoms with E-state index >= 15 is 0 Å². The topological polar surface area (TPSA) is 88.3 Å². The standard InChI is InChI=1S/C23H37N3O4/c1-14(2)26(15(3)4)23(28)30-25-10-8-17(9-11-25)20-12-19-18(21(13-24)29-20)7-6-16(5)22(19)27/h6-7,14-15,17,20-21,27H,8-13,24H2,1-5H3/t20-,21-/m0/s1. The lowest BCUT2D eigenvalue weighted by molar-refractivity contribution is -0.147. The molecule has 0 aromatic heterocycles. The van der Waals surface area contributed by atoms with Gasteiger partial charge < -0.3 is 25.3 Å². The minimum absolute atomic E-state index is 0.0134. The zero-order valence-corrected chi connectivity index (χ0v) is 18.9. The number of ether oxygens (including phenoxy) is 1. The molecular weight excluding hydrogens is 382 g/mol. The second-order valence-corrected chi connectivity index (χ2v) is 9.12. The molecule has 1 aromatic rings. The molecule has 1 aromatic carbocycles. The van der Waals surface area contributed by atoms with Crippen LogP contribution in [0.4, 0.5) is 4.79 Å². The number of piperidine rings is 1. The van der Waals surface area contributed by atoms with Crippen molar-refractivity contribution in [3.05, 3.63) is 28.8 Å². The summed E-state index contributed by atoms with van der Waals surface area (Å²) in [6.07, 6.45) is 1.98. The molecule has 30 heavy (non-hydrogen) atoms. The van der Waals surface area contributed by atoms with Crippen molar-refractivity contribution >= 4 is 6.09 Å². The van der Waals surface area contributed by atoms with Gasteiger partial charge in [0, 0.05) is 43.7 Å². The molecule has 1 fully saturated rings. The van der Waals surface area contributed by atoms with E-state index in [0.29, 0.717) is 37.7 Å². The summed E-state index contributed by atoms with van der Waals surface area (Å²) >= 11 is 0. The van der Waals surface area contributed by atoms with Gasteiger partial charge in [-0.3, -0.25) is 0 Å². The van der Waals surface area contributed by atoms with E-state index in [1.54, 1.807) is 9.96 Å². The highest BCUT2D eigenvalue weighted by Gasteiger charge is 2.36. The number of rotatable bonds is 5. The Bertz CT molecular complexity index is 736. The molecule has 1 amide bonds. The van der Waals surface area contributed by atoms with Crippen LogP contribution in [0.2, 0.25) is 0 Å². The molecule has 0 aliphatic carbocycles. The first-order chi connectivity index (χ1) is 14.2. The van der Waals surface area contributed by atoms with E-state index in [9.17, 15) is 9.90 Å². The van der Waals surface area contributed by atoms with Crippen LogP contribution in [-0.2, 0) is 16.0 Å². The van der Waals surface area contributed by atoms with Crippen LogP contribution >= 0.6 is 0 Å². The number of benzene rings is 1. The molecule has 0 saturated carbocycles. The number of amides is 1. The van der Waals surface area contributed by atoms with Crippen molar-refractivity contribution in [1.29, 1.82) is 0 Å². The summed E-state index contributed by atoms with van der Waals surface area (Å²) in [4.78, 5) is 20.0. The zero-order chi connectivity index (χ0) is 22.0. The van der Waals surface area contributed by atoms with Crippen LogP contribution in [0.1, 0.15) is 63.3 Å². The van der Waals surface area contributed by atoms with Crippen molar-refractivity contribution in [2.24, 2.45) is 11.7 Å². The molecule has 2 aliphatic heterocycles. The number of aryl methyl sites for hydroxylation is 1. The van der Waals surface area contributed by atoms with Gasteiger partial charge in [0.2, 0.25) is 0 Å². The lowest BCUT2D eigenvalue weighted by Crippen LogP contribution is -2.47. The summed E-state index contributed by atoms with van der Waals surface area (Å²) in [5, 5.41) is 12.4. The summed E-state index contributed by atoms with van der Waals surface area (Å²) < 4.78 is 6.34. The van der Waals surface area contributed by atoms with Gasteiger partial charge in [0.05, 0.1) is 12.2 Å². The molecule has 2 heterocycles. The Morgan fingerprint density at radius 2 is 1.90 bits per heavy atom. The summed E-state index contributed by atoms with van der Waals surface area (Å²) in [5.74, 6) is 0.710. The number of nitrogens with two attached hydrogens (primary N) is 1. The van der Waals surface area contributed by atoms with Crippen molar-refractivity contribution in [1.82, 2.24) is 9.96 Å². The predicted octanol–water partition coefficient (Wildman–Crippen LogP) is 3.52. The second-order valence-electron chi connectivity index (χ2n) is 9.12. The number of phenolic OH excluding ortho intramolecular Hbond substituents is 1. The van der Waals surface area contributed by atoms with E-state index in [0.717, 1.165) is 29.5 Å². The molecule has 0 radical (unpaired) electrons. The Morgan fingerprint density at radius 3 is 2.47 bits per heavy atom. The average molecular weight is 420 g/mol. The number of hydrogen-bond donors (Lipinski definition) is 2. The summed E-state index contributed by atoms with van der Waals surface area (Å²) in [6.45, 7) is 11.7. The molecule has 0 unspecified atom stereocenters. The first-order valence-corrected chi connectivity index (χ1v) is 11.1. The van der Waals surface area contributed by atoms with Gasteiger partial charge in [-0.25, -0.2) is 4.79 Å². The number of hydrogen-bond acceptors (Lipinski definition) is 6. The maximum Gasteiger partial charge on any atom is 0.429 e. The van der Waals surface area contributed by atoms with Crippen molar-refractivity contribution in [2.75, 3.05) is 19.6 Å². The van der Waals surface area contributed by atoms with Gasteiger partial charge in [0.1, 0.15) is 5.75 Å². The molecule has 3 N–H and O–H groups in total. The zero-order valence-electron chi connectivity index (χ0n) is 18.9. The lowest BCUT2D eigenvalue weighted by atomic mass is 9.83. The van der Waals surface area contributed by atoms with Crippen molar-refractivity contribution in [3.8, 4) is 5.75 Å². The van der Waals surface area contributed by atoms with E-state index in [-0.39, 0.29) is 30.4 Å². The van der Waals surface area contributed by atoms with E-state index in [4.69, 9.17) is 15.3 Å². The van der Waals surface area contributed by atoms with Crippen LogP contribution in [0.15, 0.2) is 12.1 Å². The SMILES string of the molecule is Cc1ccc2c(c1O)C[C@@H](C1CCN(OC(=O)N(C(C)C)C(C)C)CC1)O[C@H]2CN. The average Bonchev–Trinajstić information content (AvgIpc) is 2.70. The Morgan fingerprint density at radius 1 is 1.27 bits per heavy atom. The molecule has 2 atom stereocenters. The summed E-state index contributed by atoms with van der Waals surface area (Å²) in [6, 6.07) is 4.13. The van der Waals surface area contributed by atoms with Gasteiger partial charge in [-0.05, 0) is 64.5 Å². The number of nitrogens with zero attached hydrogens (tertiary/aromatic N) is 2. The quantitative estimate of drug-likeness (QED) is 0.759. The monoisotopic (exact) mass is 419 g/mol. The minimum atomic E-state index is -0.287. The fourth-order valence-electron chi connectivity index (χ4n) is 4.79. The molecule has 0 bridgehead atoms. The first kappa shape index (κ1) is 22.8. The highest BCUT2D eigenvalue weighted by atomic mass is 16.7. The van der Waals surface area contributed by atoms with Crippen molar-refractivity contribution in [2.45, 2.75) is 78.2 Å². The molecule has 0 spiro atoms. The second kappa shape index (κ2) is 9.54. The third-order valence-electron chi connectivity index (χ3n) is 6.38. The number of carbonyl (C=O) groups excluding carboxylic acids is 1. The minimum Gasteiger partial charge on any atom is -0.507 e. The lowest BCUT2D eigenvalue weighted by Gasteiger charge is -2.40. The first-order valence-electron chi connectivity index (χ1n) is 11.1. The maximum atomic E-state index is 12.6. The smallest absolute Gasteiger partial charge is 0.429 e. The van der Waals surface area contributed by atoms with Crippen LogP contribution in [-0.4, -0.2) is 59.0 Å². The number of hydroxylamine groups is 2. The normalized spacial score (nSPS) is 22.9. The Labute approximate surface area is 180 Å². The van der Waals surface area contributed by atoms with Crippen molar-refractivity contribution in [3.63, 3.8) is 0 Å². The molecule has 2 aliphatic rings. The Kier molecular flexibility index (Phi) is 7.26. The van der Waals surface area contributed by atoms with Crippen molar-refractivity contribution < 1.29 is 19.5 Å². The van der Waals surface area contributed by atoms with Crippen LogP contribution in [0, 0.1) is 12.8 Å². The Balaban J connectivity index is 1.61. The number of phenols is 1. The van der Waals surface area contributed by atoms with Gasteiger partial charge in [0.15, 0.2) is 0 Å². The number of carbonyl (C=O) groups is 1. The molecule has 1 saturated heterocycles. The molecule has 3 rings (SSSR count). The maximum absolute atomic E-state index is 12.6. The number of aromatic hydroxyl groups is 1. The van der Waals surface area contributed by atoms with Gasteiger partial charge in [-0.1, -0.05) is 12.1 Å². The molecule has 168 valence electrons. The van der Waals surface area contributed by atoms with Crippen LogP contribution in [0.5, 0.6) is 5.75 Å². The van der Waals surface area contributed by atoms with E-state index in [1.807, 2.05) is 46.8 Å². The largest absolute Gasteiger partial charge is 0.507 e. The van der Waals surface area contributed by atoms with E-state index in [2.05, 4.69) is 0 Å². The van der Waals surface area contributed by atoms with E-state index < -0.39 is 0 Å². The summed E-state index contributed by atoms with van der Waals surface area (Å²) in [7, 11) is 0. The Hall–Kier alpha value is -1.83. The predicted molar refractivity (Wildman–Crippen MR) is 116 cm³/mol. The van der Waals surface area contributed by atoms with Crippen LogP contribution < -0.4 is 5.73 Å². The highest BCUT2D eigenvalue weighted by Crippen LogP contribution is 2.40. The molecule has 7 heteroatoms. The van der Waals surface area contributed by atoms with E-state index in [1.165, 1.54) is 0 Å². The van der Waals surface area contributed by atoms with Gasteiger partial charge in [-0.15, -0.1) is 5.06 Å². The van der Waals surface area contributed by atoms with Crippen LogP contribution in [0.25, 0.3) is 0 Å². The summed E-state index contributed by atoms with van der Waals surface area (Å²) in [5.41, 5.74) is 8.83. The van der Waals surface area contributed by atoms with Gasteiger partial charge in [0.25, 0.3) is 0 Å². The van der Waals surface area contributed by atoms with Gasteiger partial charge >= 0.3 is 6.09 Å². The fraction of sp³-hybridized carbons (Fsp3) is 0.696. The van der Waals surface area contributed by atoms with Gasteiger partial charge in [-0.2, -0.15) is 0 Å². The highest BCUT2D eigenvalue weighted by molar-refractivity contribution is 5.68. The third kappa shape index (κ3) is 4.74. The molecule has 7 nitrogen and oxygen atoms in total. The fourth-order valence-corrected chi connectivity index (χ4v) is 4.79. The number of fused-ring (bicyclic) bond motifs is 1.